The molecule has 3 amide bonds. The van der Waals surface area contributed by atoms with Crippen molar-refractivity contribution < 1.29 is 31.9 Å². The number of hydrogen-bond donors (Lipinski definition) is 4. The molecule has 2 saturated heterocycles. The number of piperidine rings is 2. The van der Waals surface area contributed by atoms with E-state index in [1.165, 1.54) is 32.2 Å². The van der Waals surface area contributed by atoms with Crippen molar-refractivity contribution >= 4 is 45.8 Å². The molecule has 2 aliphatic heterocycles. The van der Waals surface area contributed by atoms with E-state index in [1.807, 2.05) is 0 Å². The number of imidazole rings is 1. The van der Waals surface area contributed by atoms with Crippen LogP contribution in [0.3, 0.4) is 0 Å². The minimum absolute atomic E-state index is 0.0632. The first-order valence-electron chi connectivity index (χ1n) is 18.5. The summed E-state index contributed by atoms with van der Waals surface area (Å²) in [5, 5.41) is 19.7. The lowest BCUT2D eigenvalue weighted by Crippen LogP contribution is -2.58. The van der Waals surface area contributed by atoms with E-state index < -0.39 is 60.1 Å². The molecule has 0 radical (unpaired) electrons. The van der Waals surface area contributed by atoms with E-state index >= 15 is 8.78 Å². The van der Waals surface area contributed by atoms with Crippen LogP contribution in [-0.4, -0.2) is 103 Å². The molecule has 5 heterocycles. The lowest BCUT2D eigenvalue weighted by atomic mass is 9.85. The number of imide groups is 1. The van der Waals surface area contributed by atoms with Gasteiger partial charge in [-0.15, -0.1) is 0 Å². The average molecular weight is 782 g/mol. The molecule has 1 saturated carbocycles. The number of carbonyl (C=O) groups excluding carboxylic acids is 3. The van der Waals surface area contributed by atoms with E-state index in [1.54, 1.807) is 54.4 Å². The van der Waals surface area contributed by atoms with Gasteiger partial charge in [0.2, 0.25) is 11.8 Å². The number of benzene rings is 1. The van der Waals surface area contributed by atoms with Crippen molar-refractivity contribution in [3.8, 4) is 0 Å². The lowest BCUT2D eigenvalue weighted by molar-refractivity contribution is -0.135. The molecule has 4 N–H and O–H groups in total. The Labute approximate surface area is 318 Å². The maximum absolute atomic E-state index is 15.9. The maximum Gasteiger partial charge on any atom is 0.329 e. The molecule has 298 valence electrons. The Balaban J connectivity index is 0.937. The Morgan fingerprint density at radius 2 is 1.89 bits per heavy atom. The zero-order chi connectivity index (χ0) is 39.9. The van der Waals surface area contributed by atoms with Gasteiger partial charge in [-0.3, -0.25) is 39.1 Å². The number of rotatable bonds is 11. The summed E-state index contributed by atoms with van der Waals surface area (Å²) in [5.74, 6) is -4.59. The summed E-state index contributed by atoms with van der Waals surface area (Å²) in [6.07, 6.45) is 5.63. The molecule has 19 heteroatoms. The summed E-state index contributed by atoms with van der Waals surface area (Å²) in [5.41, 5.74) is -0.0401. The van der Waals surface area contributed by atoms with Crippen molar-refractivity contribution in [2.24, 2.45) is 13.0 Å². The molecule has 0 bridgehead atoms. The largest absolute Gasteiger partial charge is 0.386 e. The molecular weight excluding hydrogens is 738 g/mol. The molecule has 3 aromatic heterocycles. The number of aromatic nitrogens is 5. The quantitative estimate of drug-likeness (QED) is 0.101. The topological polar surface area (TPSA) is 175 Å². The Bertz CT molecular complexity index is 2260. The van der Waals surface area contributed by atoms with E-state index in [-0.39, 0.29) is 48.1 Å². The second-order valence-electron chi connectivity index (χ2n) is 14.8. The van der Waals surface area contributed by atoms with Crippen LogP contribution in [0, 0.1) is 11.3 Å². The molecule has 1 aliphatic carbocycles. The molecule has 15 nitrogen and oxygen atoms in total. The average Bonchev–Trinajstić information content (AvgIpc) is 3.71. The maximum atomic E-state index is 15.9. The number of aryl methyl sites for hydroxylation is 1. The molecular formula is C37H43F4N11O4. The van der Waals surface area contributed by atoms with Gasteiger partial charge >= 0.3 is 5.69 Å². The van der Waals surface area contributed by atoms with Crippen molar-refractivity contribution in [3.05, 3.63) is 70.8 Å². The van der Waals surface area contributed by atoms with Crippen molar-refractivity contribution in [1.82, 2.24) is 44.6 Å². The SMILES string of the molecule is CN(C[C@H]1CC[C@H](N/C=C(/NC(=O)c2cnn3cccnc23)C(=N)C(F)F)CC1)C1CCN(c2ccc3c(c2)n(C)c(=O)n3C2CCC(=O)NC2=O)CC1(F)F. The summed E-state index contributed by atoms with van der Waals surface area (Å²) in [6.45, 7) is 0.301. The highest BCUT2D eigenvalue weighted by molar-refractivity contribution is 6.08. The first kappa shape index (κ1) is 38.7. The van der Waals surface area contributed by atoms with Crippen LogP contribution >= 0.6 is 0 Å². The highest BCUT2D eigenvalue weighted by Gasteiger charge is 2.47. The van der Waals surface area contributed by atoms with E-state index in [0.717, 1.165) is 0 Å². The fourth-order valence-electron chi connectivity index (χ4n) is 8.19. The van der Waals surface area contributed by atoms with Crippen LogP contribution in [0.15, 0.2) is 59.5 Å². The number of amides is 3. The van der Waals surface area contributed by atoms with Gasteiger partial charge in [-0.2, -0.15) is 5.10 Å². The van der Waals surface area contributed by atoms with E-state index in [0.29, 0.717) is 55.5 Å². The van der Waals surface area contributed by atoms with Gasteiger partial charge in [-0.1, -0.05) is 0 Å². The van der Waals surface area contributed by atoms with Gasteiger partial charge < -0.3 is 15.5 Å². The first-order valence-corrected chi connectivity index (χ1v) is 18.5. The molecule has 7 rings (SSSR count). The minimum atomic E-state index is -3.12. The Kier molecular flexibility index (Phi) is 10.7. The number of hydrogen-bond acceptors (Lipinski definition) is 10. The highest BCUT2D eigenvalue weighted by atomic mass is 19.3. The van der Waals surface area contributed by atoms with Gasteiger partial charge in [-0.25, -0.2) is 31.9 Å². The fraction of sp³-hybridized carbons (Fsp3) is 0.486. The van der Waals surface area contributed by atoms with E-state index in [2.05, 4.69) is 26.0 Å². The van der Waals surface area contributed by atoms with E-state index in [4.69, 9.17) is 5.41 Å². The molecule has 0 spiro atoms. The number of carbonyl (C=O) groups is 3. The molecule has 1 aromatic carbocycles. The molecule has 4 aromatic rings. The normalized spacial score (nSPS) is 23.2. The molecule has 3 fully saturated rings. The Hall–Kier alpha value is -5.59. The smallest absolute Gasteiger partial charge is 0.329 e. The van der Waals surface area contributed by atoms with Crippen LogP contribution in [0.25, 0.3) is 16.7 Å². The monoisotopic (exact) mass is 781 g/mol. The summed E-state index contributed by atoms with van der Waals surface area (Å²) in [4.78, 5) is 57.8. The van der Waals surface area contributed by atoms with Crippen molar-refractivity contribution in [2.45, 2.75) is 75.4 Å². The summed E-state index contributed by atoms with van der Waals surface area (Å²) >= 11 is 0. The second-order valence-corrected chi connectivity index (χ2v) is 14.8. The summed E-state index contributed by atoms with van der Waals surface area (Å²) in [6, 6.07) is 4.69. The van der Waals surface area contributed by atoms with Gasteiger partial charge in [0, 0.05) is 56.9 Å². The van der Waals surface area contributed by atoms with Gasteiger partial charge in [0.1, 0.15) is 17.3 Å². The second kappa shape index (κ2) is 15.5. The van der Waals surface area contributed by atoms with Crippen molar-refractivity contribution in [1.29, 1.82) is 5.41 Å². The predicted molar refractivity (Wildman–Crippen MR) is 198 cm³/mol. The van der Waals surface area contributed by atoms with Crippen LogP contribution in [0.2, 0.25) is 0 Å². The van der Waals surface area contributed by atoms with Gasteiger partial charge in [0.15, 0.2) is 5.65 Å². The molecule has 2 atom stereocenters. The number of allylic oxidation sites excluding steroid dienone is 1. The number of anilines is 1. The predicted octanol–water partition coefficient (Wildman–Crippen LogP) is 3.21. The molecule has 2 unspecified atom stereocenters. The van der Waals surface area contributed by atoms with Crippen LogP contribution in [0.5, 0.6) is 0 Å². The molecule has 56 heavy (non-hydrogen) atoms. The van der Waals surface area contributed by atoms with Gasteiger partial charge in [0.25, 0.3) is 18.3 Å². The van der Waals surface area contributed by atoms with Crippen LogP contribution in [0.1, 0.15) is 61.3 Å². The van der Waals surface area contributed by atoms with Crippen molar-refractivity contribution in [3.63, 3.8) is 0 Å². The zero-order valence-corrected chi connectivity index (χ0v) is 30.9. The number of nitrogens with zero attached hydrogens (tertiary/aromatic N) is 7. The van der Waals surface area contributed by atoms with Gasteiger partial charge in [0.05, 0.1) is 35.5 Å². The zero-order valence-electron chi connectivity index (χ0n) is 30.9. The van der Waals surface area contributed by atoms with Crippen molar-refractivity contribution in [2.75, 3.05) is 31.6 Å². The number of alkyl halides is 4. The minimum Gasteiger partial charge on any atom is -0.386 e. The first-order chi connectivity index (χ1) is 26.7. The van der Waals surface area contributed by atoms with Crippen LogP contribution in [0.4, 0.5) is 23.2 Å². The Morgan fingerprint density at radius 1 is 1.12 bits per heavy atom. The third-order valence-corrected chi connectivity index (χ3v) is 11.2. The number of nitrogens with one attached hydrogen (secondary N) is 4. The van der Waals surface area contributed by atoms with Crippen LogP contribution in [-0.2, 0) is 16.6 Å². The third kappa shape index (κ3) is 7.63. The standard InChI is InChI=1S/C37H43F4N11O4/c1-48(19-21-4-6-22(7-5-21)44-18-25(31(42)32(38)39)46-34(54)24-17-45-51-14-3-13-43-33(24)51)29-12-15-50(20-37(29,40)41)23-8-9-26-28(16-23)49(2)36(56)52(26)27-10-11-30(53)47-35(27)55/h3,8-9,13-14,16-18,21-22,27,29,32,42,44H,4-7,10-12,15,19-20H2,1-2H3,(H,46,54)(H,47,53,55)/b25-18+,42-31?/t21-,22-,27?,29?. The number of fused-ring (bicyclic) bond motifs is 2. The fourth-order valence-corrected chi connectivity index (χ4v) is 8.19. The third-order valence-electron chi connectivity index (χ3n) is 11.2. The Morgan fingerprint density at radius 3 is 2.61 bits per heavy atom. The summed E-state index contributed by atoms with van der Waals surface area (Å²) in [7, 11) is 3.28. The van der Waals surface area contributed by atoms with E-state index in [9.17, 15) is 28.0 Å². The van der Waals surface area contributed by atoms with Gasteiger partial charge in [-0.05, 0) is 75.8 Å². The highest BCUT2D eigenvalue weighted by Crippen LogP contribution is 2.36. The lowest BCUT2D eigenvalue weighted by Gasteiger charge is -2.44. The van der Waals surface area contributed by atoms with Crippen LogP contribution < -0.4 is 26.5 Å². The number of halogens is 4. The molecule has 3 aliphatic rings. The summed E-state index contributed by atoms with van der Waals surface area (Å²) < 4.78 is 63.0.